The van der Waals surface area contributed by atoms with Gasteiger partial charge in [-0.05, 0) is 48.4 Å². The smallest absolute Gasteiger partial charge is 0.393 e. The van der Waals surface area contributed by atoms with Crippen LogP contribution in [0.3, 0.4) is 0 Å². The molecule has 0 bridgehead atoms. The van der Waals surface area contributed by atoms with E-state index in [0.29, 0.717) is 26.4 Å². The quantitative estimate of drug-likeness (QED) is 0.141. The molecule has 0 amide bonds. The Morgan fingerprint density at radius 2 is 0.500 bits per heavy atom. The summed E-state index contributed by atoms with van der Waals surface area (Å²) in [5.74, 6) is 0. The Kier molecular flexibility index (Phi) is 16.3. The first-order valence-electron chi connectivity index (χ1n) is 16.4. The van der Waals surface area contributed by atoms with Crippen LogP contribution in [0.25, 0.3) is 0 Å². The molecule has 0 aromatic heterocycles. The van der Waals surface area contributed by atoms with Crippen LogP contribution in [-0.4, -0.2) is 87.2 Å². The van der Waals surface area contributed by atoms with Crippen LogP contribution in [0.2, 0.25) is 0 Å². The van der Waals surface area contributed by atoms with Gasteiger partial charge in [0.15, 0.2) is 0 Å². The molecule has 12 heteroatoms. The molecule has 0 saturated carbocycles. The minimum atomic E-state index is -3.04. The van der Waals surface area contributed by atoms with Gasteiger partial charge in [0, 0.05) is 54.9 Å². The van der Waals surface area contributed by atoms with Crippen LogP contribution >= 0.6 is 0 Å². The molecule has 4 rings (SSSR count). The summed E-state index contributed by atoms with van der Waals surface area (Å²) in [5, 5.41) is 4.11. The number of hydrogen-bond donors (Lipinski definition) is 0. The lowest BCUT2D eigenvalue weighted by atomic mass is 10.4. The zero-order valence-corrected chi connectivity index (χ0v) is 33.6. The molecule has 0 heterocycles. The Balaban J connectivity index is 0.000000264. The molecule has 0 N–H and O–H groups in total. The summed E-state index contributed by atoms with van der Waals surface area (Å²) in [6, 6.07) is 40.4. The maximum atomic E-state index is 6.51. The van der Waals surface area contributed by atoms with E-state index in [0.717, 1.165) is 20.7 Å². The molecule has 0 fully saturated rings. The Morgan fingerprint density at radius 3 is 0.667 bits per heavy atom. The second-order valence-corrected chi connectivity index (χ2v) is 28.4. The molecule has 4 aromatic carbocycles. The summed E-state index contributed by atoms with van der Waals surface area (Å²) in [5.41, 5.74) is 0. The van der Waals surface area contributed by atoms with Gasteiger partial charge in [0.25, 0.3) is 0 Å². The van der Waals surface area contributed by atoms with Crippen molar-refractivity contribution in [2.24, 2.45) is 0 Å². The molecule has 8 nitrogen and oxygen atoms in total. The predicted molar refractivity (Wildman–Crippen MR) is 202 cm³/mol. The van der Waals surface area contributed by atoms with E-state index in [1.165, 1.54) is 0 Å². The van der Waals surface area contributed by atoms with E-state index in [4.69, 9.17) is 35.4 Å². The van der Waals surface area contributed by atoms with Gasteiger partial charge >= 0.3 is 32.3 Å². The third-order valence-electron chi connectivity index (χ3n) is 8.02. The van der Waals surface area contributed by atoms with Crippen molar-refractivity contribution >= 4 is 53.1 Å². The second kappa shape index (κ2) is 19.6. The van der Waals surface area contributed by atoms with E-state index in [9.17, 15) is 0 Å². The number of benzene rings is 4. The standard InChI is InChI=1S/C20H30O4Si2.C16H22O4Si2/c1-5-21-25(22-6-2,19-15-11-9-12-16-19)26(23-7-3,24-8-4)20-17-13-10-14-18-20;1-17-21(18-2,15-11-7-5-8-12-15)22(19-3,20-4)16-13-9-6-10-14-16/h9-18H,5-8H2,1-4H3;5-14H,1-4H3. The van der Waals surface area contributed by atoms with Crippen molar-refractivity contribution in [3.8, 4) is 0 Å². The average Bonchev–Trinajstić information content (AvgIpc) is 3.15. The maximum Gasteiger partial charge on any atom is 0.423 e. The Labute approximate surface area is 291 Å². The van der Waals surface area contributed by atoms with Gasteiger partial charge in [-0.25, -0.2) is 0 Å². The highest BCUT2D eigenvalue weighted by atomic mass is 29.3. The van der Waals surface area contributed by atoms with Crippen molar-refractivity contribution in [2.45, 2.75) is 27.7 Å². The summed E-state index contributed by atoms with van der Waals surface area (Å²) >= 11 is 0. The Hall–Kier alpha value is -2.57. The van der Waals surface area contributed by atoms with Gasteiger partial charge in [0.1, 0.15) is 0 Å². The number of rotatable bonds is 18. The molecule has 260 valence electrons. The lowest BCUT2D eigenvalue weighted by molar-refractivity contribution is 0.160. The van der Waals surface area contributed by atoms with Crippen molar-refractivity contribution in [3.63, 3.8) is 0 Å². The molecule has 0 unspecified atom stereocenters. The summed E-state index contributed by atoms with van der Waals surface area (Å²) in [6.07, 6.45) is 0. The predicted octanol–water partition coefficient (Wildman–Crippen LogP) is 4.26. The van der Waals surface area contributed by atoms with Crippen LogP contribution in [0.5, 0.6) is 0 Å². The third kappa shape index (κ3) is 7.91. The first-order chi connectivity index (χ1) is 23.4. The molecule has 0 aliphatic rings. The first-order valence-corrected chi connectivity index (χ1v) is 25.7. The summed E-state index contributed by atoms with van der Waals surface area (Å²) in [6.45, 7) is 10.2. The summed E-state index contributed by atoms with van der Waals surface area (Å²) in [4.78, 5) is 0. The first kappa shape index (κ1) is 39.9. The van der Waals surface area contributed by atoms with Crippen LogP contribution in [0, 0.1) is 0 Å². The normalized spacial score (nSPS) is 12.3. The second-order valence-electron chi connectivity index (χ2n) is 10.5. The van der Waals surface area contributed by atoms with Crippen molar-refractivity contribution < 1.29 is 35.4 Å². The van der Waals surface area contributed by atoms with Crippen LogP contribution in [0.1, 0.15) is 27.7 Å². The van der Waals surface area contributed by atoms with Gasteiger partial charge in [0.2, 0.25) is 0 Å². The maximum absolute atomic E-state index is 6.51. The molecule has 0 aliphatic carbocycles. The lowest BCUT2D eigenvalue weighted by Crippen LogP contribution is -2.81. The molecule has 0 radical (unpaired) electrons. The van der Waals surface area contributed by atoms with Crippen molar-refractivity contribution in [2.75, 3.05) is 54.9 Å². The van der Waals surface area contributed by atoms with Gasteiger partial charge in [-0.3, -0.25) is 0 Å². The average molecular weight is 725 g/mol. The number of hydrogen-bond acceptors (Lipinski definition) is 8. The van der Waals surface area contributed by atoms with Crippen molar-refractivity contribution in [3.05, 3.63) is 121 Å². The van der Waals surface area contributed by atoms with Crippen LogP contribution < -0.4 is 20.7 Å². The summed E-state index contributed by atoms with van der Waals surface area (Å²) in [7, 11) is -5.28. The fraction of sp³-hybridized carbons (Fsp3) is 0.333. The third-order valence-corrected chi connectivity index (χ3v) is 32.1. The van der Waals surface area contributed by atoms with Gasteiger partial charge < -0.3 is 35.4 Å². The molecule has 4 aromatic rings. The molecular weight excluding hydrogens is 673 g/mol. The highest BCUT2D eigenvalue weighted by Crippen LogP contribution is 2.26. The molecule has 0 aliphatic heterocycles. The van der Waals surface area contributed by atoms with Gasteiger partial charge in [-0.15, -0.1) is 0 Å². The largest absolute Gasteiger partial charge is 0.423 e. The van der Waals surface area contributed by atoms with Gasteiger partial charge in [0.05, 0.1) is 0 Å². The Morgan fingerprint density at radius 1 is 0.312 bits per heavy atom. The van der Waals surface area contributed by atoms with E-state index in [2.05, 4.69) is 24.3 Å². The van der Waals surface area contributed by atoms with Crippen molar-refractivity contribution in [1.29, 1.82) is 0 Å². The summed E-state index contributed by atoms with van der Waals surface area (Å²) < 4.78 is 50.1. The SMILES string of the molecule is CCO[Si](OCC)(c1ccccc1)[Si](OCC)(OCC)c1ccccc1.CO[Si](OC)(c1ccccc1)[Si](OC)(OC)c1ccccc1. The minimum absolute atomic E-state index is 0.544. The van der Waals surface area contributed by atoms with Crippen LogP contribution in [-0.2, 0) is 35.4 Å². The minimum Gasteiger partial charge on any atom is -0.393 e. The van der Waals surface area contributed by atoms with Crippen LogP contribution in [0.4, 0.5) is 0 Å². The van der Waals surface area contributed by atoms with E-state index < -0.39 is 32.3 Å². The molecule has 0 spiro atoms. The molecule has 0 saturated heterocycles. The van der Waals surface area contributed by atoms with E-state index in [1.54, 1.807) is 28.4 Å². The molecule has 48 heavy (non-hydrogen) atoms. The topological polar surface area (TPSA) is 73.8 Å². The highest BCUT2D eigenvalue weighted by Gasteiger charge is 2.68. The molecular formula is C36H52O8Si4. The van der Waals surface area contributed by atoms with E-state index in [1.807, 2.05) is 125 Å². The van der Waals surface area contributed by atoms with Gasteiger partial charge in [-0.1, -0.05) is 121 Å². The van der Waals surface area contributed by atoms with E-state index >= 15 is 0 Å². The lowest BCUT2D eigenvalue weighted by Gasteiger charge is -2.43. The fourth-order valence-electron chi connectivity index (χ4n) is 6.18. The van der Waals surface area contributed by atoms with Crippen LogP contribution in [0.15, 0.2) is 121 Å². The highest BCUT2D eigenvalue weighted by molar-refractivity contribution is 7.42. The van der Waals surface area contributed by atoms with Crippen molar-refractivity contribution in [1.82, 2.24) is 0 Å². The monoisotopic (exact) mass is 724 g/mol. The zero-order valence-electron chi connectivity index (χ0n) is 29.6. The Bertz CT molecular complexity index is 1300. The fourth-order valence-corrected chi connectivity index (χ4v) is 29.6. The van der Waals surface area contributed by atoms with E-state index in [-0.39, 0.29) is 0 Å². The molecule has 0 atom stereocenters. The zero-order chi connectivity index (χ0) is 34.9. The van der Waals surface area contributed by atoms with Gasteiger partial charge in [-0.2, -0.15) is 0 Å².